The fourth-order valence-electron chi connectivity index (χ4n) is 1.72. The first-order valence-electron chi connectivity index (χ1n) is 6.29. The molecule has 0 aliphatic carbocycles. The summed E-state index contributed by atoms with van der Waals surface area (Å²) in [5.41, 5.74) is 0. The van der Waals surface area contributed by atoms with Gasteiger partial charge in [-0.05, 0) is 25.8 Å². The topological polar surface area (TPSA) is 49.4 Å². The third kappa shape index (κ3) is 5.81. The van der Waals surface area contributed by atoms with E-state index < -0.39 is 24.4 Å². The number of nitrogens with zero attached hydrogens (tertiary/aromatic N) is 1. The van der Waals surface area contributed by atoms with Crippen molar-refractivity contribution in [3.05, 3.63) is 12.2 Å². The van der Waals surface area contributed by atoms with Crippen LogP contribution in [0, 0.1) is 5.92 Å². The lowest BCUT2D eigenvalue weighted by Gasteiger charge is -2.30. The summed E-state index contributed by atoms with van der Waals surface area (Å²) in [6, 6.07) is -0.779. The SMILES string of the molecule is C/C=C/C(F)(F)CN(CC)C(=O)C(NC=O)C(C)C. The van der Waals surface area contributed by atoms with Gasteiger partial charge in [-0.15, -0.1) is 0 Å². The predicted octanol–water partition coefficient (Wildman–Crippen LogP) is 1.82. The van der Waals surface area contributed by atoms with Gasteiger partial charge in [0.25, 0.3) is 5.92 Å². The smallest absolute Gasteiger partial charge is 0.283 e. The number of carbonyl (C=O) groups excluding carboxylic acids is 2. The number of hydrogen-bond donors (Lipinski definition) is 1. The van der Waals surface area contributed by atoms with Crippen molar-refractivity contribution in [3.63, 3.8) is 0 Å². The molecule has 2 amide bonds. The highest BCUT2D eigenvalue weighted by molar-refractivity contribution is 5.84. The van der Waals surface area contributed by atoms with E-state index in [9.17, 15) is 18.4 Å². The fourth-order valence-corrected chi connectivity index (χ4v) is 1.72. The van der Waals surface area contributed by atoms with E-state index in [0.29, 0.717) is 6.41 Å². The lowest BCUT2D eigenvalue weighted by Crippen LogP contribution is -2.51. The van der Waals surface area contributed by atoms with Gasteiger partial charge in [-0.1, -0.05) is 19.9 Å². The Balaban J connectivity index is 4.93. The normalized spacial score (nSPS) is 13.6. The van der Waals surface area contributed by atoms with Gasteiger partial charge in [0.2, 0.25) is 12.3 Å². The average Bonchev–Trinajstić information content (AvgIpc) is 2.31. The number of amides is 2. The molecular weight excluding hydrogens is 254 g/mol. The van der Waals surface area contributed by atoms with Crippen LogP contribution < -0.4 is 5.32 Å². The van der Waals surface area contributed by atoms with Gasteiger partial charge in [-0.3, -0.25) is 9.59 Å². The van der Waals surface area contributed by atoms with E-state index in [1.54, 1.807) is 20.8 Å². The van der Waals surface area contributed by atoms with Crippen molar-refractivity contribution >= 4 is 12.3 Å². The van der Waals surface area contributed by atoms with Crippen LogP contribution in [0.2, 0.25) is 0 Å². The van der Waals surface area contributed by atoms with Crippen molar-refractivity contribution in [2.45, 2.75) is 39.7 Å². The summed E-state index contributed by atoms with van der Waals surface area (Å²) >= 11 is 0. The summed E-state index contributed by atoms with van der Waals surface area (Å²) < 4.78 is 27.0. The number of rotatable bonds is 8. The molecule has 1 unspecified atom stereocenters. The second-order valence-electron chi connectivity index (χ2n) is 4.62. The van der Waals surface area contributed by atoms with Crippen LogP contribution in [0.15, 0.2) is 12.2 Å². The zero-order valence-corrected chi connectivity index (χ0v) is 11.8. The Morgan fingerprint density at radius 3 is 2.37 bits per heavy atom. The molecule has 0 aromatic heterocycles. The molecule has 1 atom stereocenters. The fraction of sp³-hybridized carbons (Fsp3) is 0.692. The Labute approximate surface area is 112 Å². The number of alkyl halides is 2. The van der Waals surface area contributed by atoms with Gasteiger partial charge >= 0.3 is 0 Å². The van der Waals surface area contributed by atoms with Gasteiger partial charge in [0.1, 0.15) is 6.04 Å². The van der Waals surface area contributed by atoms with Crippen LogP contribution in [0.5, 0.6) is 0 Å². The molecule has 0 saturated carbocycles. The summed E-state index contributed by atoms with van der Waals surface area (Å²) in [4.78, 5) is 23.7. The third-order valence-corrected chi connectivity index (χ3v) is 2.69. The lowest BCUT2D eigenvalue weighted by molar-refractivity contribution is -0.139. The Kier molecular flexibility index (Phi) is 7.26. The van der Waals surface area contributed by atoms with Crippen LogP contribution in [0.4, 0.5) is 8.78 Å². The molecule has 1 N–H and O–H groups in total. The molecule has 0 saturated heterocycles. The molecule has 0 aliphatic heterocycles. The van der Waals surface area contributed by atoms with Crippen LogP contribution in [0.25, 0.3) is 0 Å². The summed E-state index contributed by atoms with van der Waals surface area (Å²) in [5, 5.41) is 2.38. The molecule has 0 fully saturated rings. The second kappa shape index (κ2) is 7.86. The van der Waals surface area contributed by atoms with E-state index in [2.05, 4.69) is 5.32 Å². The Hall–Kier alpha value is -1.46. The van der Waals surface area contributed by atoms with E-state index in [-0.39, 0.29) is 12.5 Å². The van der Waals surface area contributed by atoms with Crippen molar-refractivity contribution in [2.75, 3.05) is 13.1 Å². The zero-order chi connectivity index (χ0) is 15.1. The Bertz CT molecular complexity index is 331. The average molecular weight is 276 g/mol. The first-order valence-corrected chi connectivity index (χ1v) is 6.29. The van der Waals surface area contributed by atoms with Gasteiger partial charge in [-0.25, -0.2) is 8.78 Å². The van der Waals surface area contributed by atoms with Gasteiger partial charge < -0.3 is 10.2 Å². The van der Waals surface area contributed by atoms with Crippen molar-refractivity contribution in [1.82, 2.24) is 10.2 Å². The third-order valence-electron chi connectivity index (χ3n) is 2.69. The van der Waals surface area contributed by atoms with E-state index in [1.165, 1.54) is 13.0 Å². The molecule has 0 radical (unpaired) electrons. The summed E-state index contributed by atoms with van der Waals surface area (Å²) in [6.07, 6.45) is 2.43. The highest BCUT2D eigenvalue weighted by Crippen LogP contribution is 2.18. The first kappa shape index (κ1) is 17.5. The van der Waals surface area contributed by atoms with Crippen molar-refractivity contribution < 1.29 is 18.4 Å². The number of hydrogen-bond acceptors (Lipinski definition) is 2. The summed E-state index contributed by atoms with van der Waals surface area (Å²) in [5.74, 6) is -3.72. The number of allylic oxidation sites excluding steroid dienone is 1. The Morgan fingerprint density at radius 1 is 1.42 bits per heavy atom. The minimum absolute atomic E-state index is 0.162. The lowest BCUT2D eigenvalue weighted by atomic mass is 10.0. The summed E-state index contributed by atoms with van der Waals surface area (Å²) in [7, 11) is 0. The maximum absolute atomic E-state index is 13.5. The maximum atomic E-state index is 13.5. The highest BCUT2D eigenvalue weighted by atomic mass is 19.3. The zero-order valence-electron chi connectivity index (χ0n) is 11.8. The predicted molar refractivity (Wildman–Crippen MR) is 69.8 cm³/mol. The molecule has 0 aromatic rings. The van der Waals surface area contributed by atoms with Gasteiger partial charge in [-0.2, -0.15) is 0 Å². The van der Waals surface area contributed by atoms with Crippen LogP contribution in [0.1, 0.15) is 27.7 Å². The number of halogens is 2. The molecule has 4 nitrogen and oxygen atoms in total. The van der Waals surface area contributed by atoms with Crippen molar-refractivity contribution in [2.24, 2.45) is 5.92 Å². The van der Waals surface area contributed by atoms with Crippen LogP contribution in [-0.2, 0) is 9.59 Å². The number of nitrogens with one attached hydrogen (secondary N) is 1. The standard InChI is InChI=1S/C13H22F2N2O2/c1-5-7-13(14,15)8-17(6-2)12(19)11(10(3)4)16-9-18/h5,7,9-11H,6,8H2,1-4H3,(H,16,18)/b7-5+. The Morgan fingerprint density at radius 2 is 2.00 bits per heavy atom. The molecule has 19 heavy (non-hydrogen) atoms. The van der Waals surface area contributed by atoms with Gasteiger partial charge in [0, 0.05) is 6.54 Å². The van der Waals surface area contributed by atoms with E-state index in [0.717, 1.165) is 11.0 Å². The van der Waals surface area contributed by atoms with E-state index in [1.807, 2.05) is 0 Å². The molecule has 0 heterocycles. The minimum Gasteiger partial charge on any atom is -0.347 e. The van der Waals surface area contributed by atoms with Crippen LogP contribution in [-0.4, -0.2) is 42.3 Å². The minimum atomic E-state index is -3.07. The van der Waals surface area contributed by atoms with Crippen LogP contribution in [0.3, 0.4) is 0 Å². The van der Waals surface area contributed by atoms with Crippen molar-refractivity contribution in [1.29, 1.82) is 0 Å². The summed E-state index contributed by atoms with van der Waals surface area (Å²) in [6.45, 7) is 6.10. The number of carbonyl (C=O) groups is 2. The quantitative estimate of drug-likeness (QED) is 0.543. The molecule has 0 aliphatic rings. The van der Waals surface area contributed by atoms with Gasteiger partial charge in [0.15, 0.2) is 0 Å². The van der Waals surface area contributed by atoms with Gasteiger partial charge in [0.05, 0.1) is 6.54 Å². The largest absolute Gasteiger partial charge is 0.347 e. The molecule has 0 rings (SSSR count). The van der Waals surface area contributed by atoms with E-state index >= 15 is 0 Å². The van der Waals surface area contributed by atoms with Crippen LogP contribution >= 0.6 is 0 Å². The van der Waals surface area contributed by atoms with E-state index in [4.69, 9.17) is 0 Å². The van der Waals surface area contributed by atoms with Crippen molar-refractivity contribution in [3.8, 4) is 0 Å². The second-order valence-corrected chi connectivity index (χ2v) is 4.62. The molecule has 0 bridgehead atoms. The molecule has 6 heteroatoms. The molecule has 0 aromatic carbocycles. The first-order chi connectivity index (χ1) is 8.79. The molecule has 110 valence electrons. The molecule has 0 spiro atoms. The maximum Gasteiger partial charge on any atom is 0.283 e. The molecular formula is C13H22F2N2O2. The monoisotopic (exact) mass is 276 g/mol. The number of likely N-dealkylation sites (N-methyl/N-ethyl adjacent to an activating group) is 1. The highest BCUT2D eigenvalue weighted by Gasteiger charge is 2.33.